The molecule has 48 heavy (non-hydrogen) atoms. The Hall–Kier alpha value is -6.80. The Morgan fingerprint density at radius 2 is 0.729 bits per heavy atom. The van der Waals surface area contributed by atoms with Crippen LogP contribution in [0.3, 0.4) is 0 Å². The first-order chi connectivity index (χ1) is 23.6. The van der Waals surface area contributed by atoms with Crippen molar-refractivity contribution in [2.45, 2.75) is 0 Å². The molecule has 0 unspecified atom stereocenters. The van der Waals surface area contributed by atoms with E-state index in [2.05, 4.69) is 78.5 Å². The average molecular weight is 621 g/mol. The topological polar surface area (TPSA) is 113 Å². The van der Waals surface area contributed by atoms with E-state index in [-0.39, 0.29) is 0 Å². The Bertz CT molecular complexity index is 2290. The van der Waals surface area contributed by atoms with Gasteiger partial charge in [0.2, 0.25) is 0 Å². The van der Waals surface area contributed by atoms with Gasteiger partial charge in [-0.1, -0.05) is 0 Å². The van der Waals surface area contributed by atoms with Crippen molar-refractivity contribution >= 4 is 72.5 Å². The standard InChI is InChI=1S/C40H28N8/c1-3-29-17-31-5-7-33(45-31)19-35-10-12-38(48-35)22-40-16-26(24-42-40)14-28-2-4-30(44-28)18-32-6-8-34(46-32)20-36-9-11-37(47-36)21-39-15-25(23-41-39)13-27(1)43-29/h1-24,43-44,47-48H. The van der Waals surface area contributed by atoms with Crippen molar-refractivity contribution in [3.8, 4) is 0 Å². The molecule has 0 saturated carbocycles. The quantitative estimate of drug-likeness (QED) is 0.220. The van der Waals surface area contributed by atoms with Crippen molar-refractivity contribution in [3.05, 3.63) is 163 Å². The summed E-state index contributed by atoms with van der Waals surface area (Å²) < 4.78 is 0. The maximum Gasteiger partial charge on any atom is 0.0658 e. The van der Waals surface area contributed by atoms with E-state index in [1.807, 2.05) is 97.5 Å². The first-order valence-corrected chi connectivity index (χ1v) is 15.7. The van der Waals surface area contributed by atoms with E-state index in [0.29, 0.717) is 0 Å². The van der Waals surface area contributed by atoms with Crippen LogP contribution in [0, 0.1) is 0 Å². The Morgan fingerprint density at radius 1 is 0.333 bits per heavy atom. The van der Waals surface area contributed by atoms with Gasteiger partial charge in [0, 0.05) is 56.6 Å². The summed E-state index contributed by atoms with van der Waals surface area (Å²) in [5, 5.41) is 3.96. The van der Waals surface area contributed by atoms with Gasteiger partial charge in [-0.05, 0) is 145 Å². The van der Waals surface area contributed by atoms with Gasteiger partial charge in [-0.15, -0.1) is 0 Å². The summed E-state index contributed by atoms with van der Waals surface area (Å²) in [5.41, 5.74) is 11.3. The summed E-state index contributed by atoms with van der Waals surface area (Å²) in [7, 11) is 0. The van der Waals surface area contributed by atoms with Gasteiger partial charge in [-0.3, -0.25) is 9.98 Å². The highest BCUT2D eigenvalue weighted by Crippen LogP contribution is 2.20. The summed E-state index contributed by atoms with van der Waals surface area (Å²) in [6.07, 6.45) is 32.4. The minimum absolute atomic E-state index is 0.886. The van der Waals surface area contributed by atoms with Crippen molar-refractivity contribution < 1.29 is 0 Å². The fourth-order valence-corrected chi connectivity index (χ4v) is 5.92. The van der Waals surface area contributed by atoms with Crippen LogP contribution in [0.15, 0.2) is 139 Å². The number of allylic oxidation sites excluding steroid dienone is 8. The lowest BCUT2D eigenvalue weighted by molar-refractivity contribution is 1.27. The number of rotatable bonds is 0. The number of nitrogens with zero attached hydrogens (tertiary/aromatic N) is 4. The third-order valence-corrected chi connectivity index (χ3v) is 8.11. The normalized spacial score (nSPS) is 17.7. The van der Waals surface area contributed by atoms with Crippen molar-refractivity contribution in [1.82, 2.24) is 19.9 Å². The van der Waals surface area contributed by atoms with Gasteiger partial charge in [0.15, 0.2) is 0 Å². The number of fused-ring (bicyclic) bond motifs is 12. The van der Waals surface area contributed by atoms with Crippen molar-refractivity contribution in [2.24, 2.45) is 20.0 Å². The second kappa shape index (κ2) is 11.5. The van der Waals surface area contributed by atoms with Gasteiger partial charge in [-0.25, -0.2) is 9.98 Å². The Kier molecular flexibility index (Phi) is 6.61. The summed E-state index contributed by atoms with van der Waals surface area (Å²) in [6, 6.07) is 16.4. The molecule has 9 rings (SSSR count). The first-order valence-electron chi connectivity index (χ1n) is 15.7. The lowest BCUT2D eigenvalue weighted by Gasteiger charge is -1.92. The van der Waals surface area contributed by atoms with E-state index in [1.165, 1.54) is 0 Å². The van der Waals surface area contributed by atoms with Crippen LogP contribution >= 0.6 is 0 Å². The molecule has 4 N–H and O–H groups in total. The van der Waals surface area contributed by atoms with Crippen LogP contribution in [0.2, 0.25) is 0 Å². The molecule has 0 aromatic carbocycles. The molecule has 0 saturated heterocycles. The number of H-pyrrole nitrogens is 4. The van der Waals surface area contributed by atoms with E-state index in [1.54, 1.807) is 0 Å². The summed E-state index contributed by atoms with van der Waals surface area (Å²) >= 11 is 0. The van der Waals surface area contributed by atoms with Crippen LogP contribution in [0.5, 0.6) is 0 Å². The molecule has 8 heteroatoms. The Morgan fingerprint density at radius 3 is 1.17 bits per heavy atom. The van der Waals surface area contributed by atoms with Gasteiger partial charge in [0.1, 0.15) is 0 Å². The number of hydrogen-bond acceptors (Lipinski definition) is 4. The minimum atomic E-state index is 0.886. The molecule has 4 aromatic rings. The van der Waals surface area contributed by atoms with Gasteiger partial charge in [0.05, 0.1) is 34.2 Å². The van der Waals surface area contributed by atoms with E-state index in [0.717, 1.165) is 89.5 Å². The summed E-state index contributed by atoms with van der Waals surface area (Å²) in [5.74, 6) is 0. The molecule has 16 bridgehead atoms. The molecule has 0 aliphatic carbocycles. The van der Waals surface area contributed by atoms with Crippen LogP contribution < -0.4 is 21.4 Å². The van der Waals surface area contributed by atoms with E-state index >= 15 is 0 Å². The highest BCUT2D eigenvalue weighted by molar-refractivity contribution is 6.20. The molecular formula is C40H28N8. The summed E-state index contributed by atoms with van der Waals surface area (Å²) in [6.45, 7) is 0. The van der Waals surface area contributed by atoms with E-state index < -0.39 is 0 Å². The molecule has 9 heterocycles. The highest BCUT2D eigenvalue weighted by Gasteiger charge is 2.08. The zero-order valence-electron chi connectivity index (χ0n) is 25.6. The SMILES string of the molecule is C1=CC2=NC1=Cc1ccc([nH]1)C=C1C=C(C=N1)C=c1ccc([nH]1)=CC1=NC(=Cc3ccc([nH]3)C=C3C=C(C=N3)C=c3ccc([nH]3)=C2)C=C1. The zero-order chi connectivity index (χ0) is 31.9. The predicted octanol–water partition coefficient (Wildman–Crippen LogP) is 4.64. The average Bonchev–Trinajstić information content (AvgIpc) is 3.90. The molecule has 0 atom stereocenters. The number of aliphatic imine (C=N–C) groups is 4. The van der Waals surface area contributed by atoms with Crippen molar-refractivity contribution in [2.75, 3.05) is 0 Å². The first kappa shape index (κ1) is 27.5. The number of nitrogens with one attached hydrogen (secondary N) is 4. The smallest absolute Gasteiger partial charge is 0.0658 e. The molecular weight excluding hydrogens is 592 g/mol. The van der Waals surface area contributed by atoms with Gasteiger partial charge in [0.25, 0.3) is 0 Å². The van der Waals surface area contributed by atoms with E-state index in [9.17, 15) is 0 Å². The molecule has 0 radical (unpaired) electrons. The monoisotopic (exact) mass is 620 g/mol. The maximum atomic E-state index is 4.79. The Labute approximate surface area is 274 Å². The second-order valence-electron chi connectivity index (χ2n) is 11.9. The Balaban J connectivity index is 1.07. The number of aromatic amines is 4. The number of hydrogen-bond donors (Lipinski definition) is 4. The van der Waals surface area contributed by atoms with Crippen LogP contribution in [0.4, 0.5) is 0 Å². The van der Waals surface area contributed by atoms with Gasteiger partial charge in [-0.2, -0.15) is 0 Å². The molecule has 228 valence electrons. The van der Waals surface area contributed by atoms with Gasteiger partial charge >= 0.3 is 0 Å². The lowest BCUT2D eigenvalue weighted by atomic mass is 10.2. The molecule has 4 aromatic heterocycles. The molecule has 0 spiro atoms. The summed E-state index contributed by atoms with van der Waals surface area (Å²) in [4.78, 5) is 32.6. The van der Waals surface area contributed by atoms with Crippen LogP contribution in [0.25, 0.3) is 48.6 Å². The third kappa shape index (κ3) is 6.05. The second-order valence-corrected chi connectivity index (χ2v) is 11.9. The van der Waals surface area contributed by atoms with Gasteiger partial charge < -0.3 is 19.9 Å². The minimum Gasteiger partial charge on any atom is -0.355 e. The van der Waals surface area contributed by atoms with Crippen LogP contribution in [-0.4, -0.2) is 43.8 Å². The van der Waals surface area contributed by atoms with Crippen molar-refractivity contribution in [1.29, 1.82) is 0 Å². The predicted molar refractivity (Wildman–Crippen MR) is 198 cm³/mol. The fourth-order valence-electron chi connectivity index (χ4n) is 5.92. The van der Waals surface area contributed by atoms with Crippen molar-refractivity contribution in [3.63, 3.8) is 0 Å². The molecule has 0 amide bonds. The molecule has 5 aliphatic heterocycles. The van der Waals surface area contributed by atoms with Crippen LogP contribution in [-0.2, 0) is 0 Å². The molecule has 0 fully saturated rings. The molecule has 5 aliphatic rings. The highest BCUT2D eigenvalue weighted by atomic mass is 14.8. The number of aromatic nitrogens is 4. The lowest BCUT2D eigenvalue weighted by Crippen LogP contribution is -2.11. The van der Waals surface area contributed by atoms with Crippen LogP contribution in [0.1, 0.15) is 22.8 Å². The third-order valence-electron chi connectivity index (χ3n) is 8.11. The fraction of sp³-hybridized carbons (Fsp3) is 0. The maximum absolute atomic E-state index is 4.79. The zero-order valence-corrected chi connectivity index (χ0v) is 25.6. The van der Waals surface area contributed by atoms with E-state index in [4.69, 9.17) is 9.98 Å². The molecule has 8 nitrogen and oxygen atoms in total. The largest absolute Gasteiger partial charge is 0.355 e.